The smallest absolute Gasteiger partial charge is 0.175 e. The number of rotatable bonds is 9. The second-order valence-corrected chi connectivity index (χ2v) is 6.14. The maximum Gasteiger partial charge on any atom is 0.175 e. The molecule has 0 fully saturated rings. The van der Waals surface area contributed by atoms with Crippen LogP contribution in [0.25, 0.3) is 0 Å². The van der Waals surface area contributed by atoms with Crippen molar-refractivity contribution in [1.29, 1.82) is 0 Å². The summed E-state index contributed by atoms with van der Waals surface area (Å²) in [5.41, 5.74) is 0.809. The van der Waals surface area contributed by atoms with E-state index in [4.69, 9.17) is 9.47 Å². The van der Waals surface area contributed by atoms with E-state index in [1.807, 2.05) is 30.8 Å². The van der Waals surface area contributed by atoms with Crippen LogP contribution in [-0.4, -0.2) is 29.8 Å². The molecule has 0 aliphatic heterocycles. The molecule has 0 saturated heterocycles. The first-order chi connectivity index (χ1) is 9.22. The number of hydrogen-bond acceptors (Lipinski definition) is 4. The summed E-state index contributed by atoms with van der Waals surface area (Å²) >= 11 is 5.38. The van der Waals surface area contributed by atoms with E-state index >= 15 is 0 Å². The molecular formula is C14H21BrO3S. The van der Waals surface area contributed by atoms with Crippen LogP contribution in [0.1, 0.15) is 25.8 Å². The van der Waals surface area contributed by atoms with Crippen LogP contribution in [0, 0.1) is 0 Å². The molecule has 0 saturated carbocycles. The molecule has 108 valence electrons. The monoisotopic (exact) mass is 348 g/mol. The van der Waals surface area contributed by atoms with Crippen molar-refractivity contribution in [2.24, 2.45) is 0 Å². The Morgan fingerprint density at radius 2 is 2.05 bits per heavy atom. The molecule has 1 N–H and O–H groups in total. The zero-order valence-electron chi connectivity index (χ0n) is 11.4. The van der Waals surface area contributed by atoms with E-state index in [0.717, 1.165) is 33.7 Å². The van der Waals surface area contributed by atoms with Gasteiger partial charge in [0.05, 0.1) is 24.3 Å². The summed E-state index contributed by atoms with van der Waals surface area (Å²) in [7, 11) is 0. The third kappa shape index (κ3) is 5.63. The van der Waals surface area contributed by atoms with Gasteiger partial charge in [-0.3, -0.25) is 0 Å². The molecule has 0 aromatic heterocycles. The highest BCUT2D eigenvalue weighted by Crippen LogP contribution is 2.37. The molecule has 0 heterocycles. The Morgan fingerprint density at radius 1 is 1.26 bits per heavy atom. The first-order valence-corrected chi connectivity index (χ1v) is 8.44. The summed E-state index contributed by atoms with van der Waals surface area (Å²) in [6, 6.07) is 3.68. The van der Waals surface area contributed by atoms with Crippen molar-refractivity contribution in [3.8, 4) is 11.5 Å². The maximum atomic E-state index is 9.20. The van der Waals surface area contributed by atoms with Crippen molar-refractivity contribution in [3.05, 3.63) is 22.2 Å². The molecule has 0 amide bonds. The van der Waals surface area contributed by atoms with Gasteiger partial charge in [0.25, 0.3) is 0 Å². The predicted octanol–water partition coefficient (Wildman–Crippen LogP) is 3.86. The Kier molecular flexibility index (Phi) is 8.34. The van der Waals surface area contributed by atoms with Crippen LogP contribution in [-0.2, 0) is 6.61 Å². The van der Waals surface area contributed by atoms with Crippen LogP contribution in [0.5, 0.6) is 11.5 Å². The Bertz CT molecular complexity index is 385. The number of ether oxygens (including phenoxy) is 2. The molecule has 1 aromatic carbocycles. The van der Waals surface area contributed by atoms with Gasteiger partial charge in [0.2, 0.25) is 0 Å². The van der Waals surface area contributed by atoms with Gasteiger partial charge in [0.15, 0.2) is 11.5 Å². The van der Waals surface area contributed by atoms with Gasteiger partial charge in [-0.05, 0) is 58.5 Å². The average Bonchev–Trinajstić information content (AvgIpc) is 2.41. The fraction of sp³-hybridized carbons (Fsp3) is 0.571. The highest BCUT2D eigenvalue weighted by atomic mass is 79.9. The largest absolute Gasteiger partial charge is 0.490 e. The van der Waals surface area contributed by atoms with Crippen LogP contribution in [0.3, 0.4) is 0 Å². The standard InChI is InChI=1S/C14H21BrO3S/c1-3-17-13-9-11(10-16)8-12(15)14(13)18-6-5-7-19-4-2/h8-9,16H,3-7,10H2,1-2H3. The molecule has 0 atom stereocenters. The summed E-state index contributed by atoms with van der Waals surface area (Å²) in [6.07, 6.45) is 1.01. The summed E-state index contributed by atoms with van der Waals surface area (Å²) in [4.78, 5) is 0. The van der Waals surface area contributed by atoms with Gasteiger partial charge in [0.1, 0.15) is 0 Å². The summed E-state index contributed by atoms with van der Waals surface area (Å²) in [5, 5.41) is 9.20. The highest BCUT2D eigenvalue weighted by Gasteiger charge is 2.11. The molecule has 0 radical (unpaired) electrons. The zero-order valence-corrected chi connectivity index (χ0v) is 13.8. The van der Waals surface area contributed by atoms with Crippen molar-refractivity contribution in [3.63, 3.8) is 0 Å². The van der Waals surface area contributed by atoms with Crippen molar-refractivity contribution in [1.82, 2.24) is 0 Å². The minimum Gasteiger partial charge on any atom is -0.490 e. The lowest BCUT2D eigenvalue weighted by Crippen LogP contribution is -2.03. The fourth-order valence-corrected chi connectivity index (χ4v) is 2.81. The lowest BCUT2D eigenvalue weighted by Gasteiger charge is -2.15. The summed E-state index contributed by atoms with van der Waals surface area (Å²) in [6.45, 7) is 5.32. The minimum absolute atomic E-state index is 0.00784. The van der Waals surface area contributed by atoms with Crippen molar-refractivity contribution >= 4 is 27.7 Å². The van der Waals surface area contributed by atoms with E-state index in [-0.39, 0.29) is 6.61 Å². The number of hydrogen-bond donors (Lipinski definition) is 1. The van der Waals surface area contributed by atoms with Crippen LogP contribution in [0.2, 0.25) is 0 Å². The van der Waals surface area contributed by atoms with Gasteiger partial charge < -0.3 is 14.6 Å². The topological polar surface area (TPSA) is 38.7 Å². The molecule has 1 aromatic rings. The molecule has 3 nitrogen and oxygen atoms in total. The number of aliphatic hydroxyl groups is 1. The average molecular weight is 349 g/mol. The zero-order chi connectivity index (χ0) is 14.1. The quantitative estimate of drug-likeness (QED) is 0.687. The van der Waals surface area contributed by atoms with Crippen molar-refractivity contribution in [2.75, 3.05) is 24.7 Å². The third-order valence-electron chi connectivity index (χ3n) is 2.44. The van der Waals surface area contributed by atoms with Gasteiger partial charge in [-0.2, -0.15) is 11.8 Å². The van der Waals surface area contributed by atoms with Gasteiger partial charge >= 0.3 is 0 Å². The van der Waals surface area contributed by atoms with Crippen LogP contribution in [0.15, 0.2) is 16.6 Å². The van der Waals surface area contributed by atoms with Crippen LogP contribution < -0.4 is 9.47 Å². The molecular weight excluding hydrogens is 328 g/mol. The SMILES string of the molecule is CCOc1cc(CO)cc(Br)c1OCCCSCC. The molecule has 5 heteroatoms. The number of aliphatic hydroxyl groups excluding tert-OH is 1. The molecule has 1 rings (SSSR count). The van der Waals surface area contributed by atoms with Gasteiger partial charge in [0, 0.05) is 0 Å². The van der Waals surface area contributed by atoms with Gasteiger partial charge in [-0.15, -0.1) is 0 Å². The summed E-state index contributed by atoms with van der Waals surface area (Å²) in [5.74, 6) is 3.65. The molecule has 0 spiro atoms. The fourth-order valence-electron chi connectivity index (χ4n) is 1.60. The lowest BCUT2D eigenvalue weighted by molar-refractivity contribution is 0.268. The Labute approximate surface area is 127 Å². The molecule has 0 aliphatic carbocycles. The Morgan fingerprint density at radius 3 is 2.68 bits per heavy atom. The number of benzene rings is 1. The predicted molar refractivity (Wildman–Crippen MR) is 84.3 cm³/mol. The van der Waals surface area contributed by atoms with Crippen molar-refractivity contribution in [2.45, 2.75) is 26.9 Å². The van der Waals surface area contributed by atoms with E-state index in [9.17, 15) is 5.11 Å². The van der Waals surface area contributed by atoms with Gasteiger partial charge in [-0.1, -0.05) is 6.92 Å². The molecule has 0 aliphatic rings. The van der Waals surface area contributed by atoms with E-state index in [1.54, 1.807) is 0 Å². The first-order valence-electron chi connectivity index (χ1n) is 6.49. The molecule has 0 unspecified atom stereocenters. The lowest BCUT2D eigenvalue weighted by atomic mass is 10.2. The van der Waals surface area contributed by atoms with E-state index in [1.165, 1.54) is 0 Å². The third-order valence-corrected chi connectivity index (χ3v) is 4.01. The Balaban J connectivity index is 2.68. The van der Waals surface area contributed by atoms with Gasteiger partial charge in [-0.25, -0.2) is 0 Å². The van der Waals surface area contributed by atoms with Crippen molar-refractivity contribution < 1.29 is 14.6 Å². The van der Waals surface area contributed by atoms with E-state index in [2.05, 4.69) is 22.9 Å². The Hall–Kier alpha value is -0.390. The molecule has 19 heavy (non-hydrogen) atoms. The van der Waals surface area contributed by atoms with E-state index < -0.39 is 0 Å². The number of thioether (sulfide) groups is 1. The maximum absolute atomic E-state index is 9.20. The first kappa shape index (κ1) is 16.7. The number of halogens is 1. The second kappa shape index (κ2) is 9.50. The van der Waals surface area contributed by atoms with Crippen LogP contribution >= 0.6 is 27.7 Å². The second-order valence-electron chi connectivity index (χ2n) is 3.89. The molecule has 0 bridgehead atoms. The van der Waals surface area contributed by atoms with E-state index in [0.29, 0.717) is 19.0 Å². The summed E-state index contributed by atoms with van der Waals surface area (Å²) < 4.78 is 12.2. The van der Waals surface area contributed by atoms with Crippen LogP contribution in [0.4, 0.5) is 0 Å². The highest BCUT2D eigenvalue weighted by molar-refractivity contribution is 9.10. The normalized spacial score (nSPS) is 10.5. The minimum atomic E-state index is -0.00784.